The van der Waals surface area contributed by atoms with Crippen molar-refractivity contribution >= 4 is 5.91 Å². The van der Waals surface area contributed by atoms with Gasteiger partial charge in [-0.3, -0.25) is 4.79 Å². The molecule has 4 heteroatoms. The van der Waals surface area contributed by atoms with Gasteiger partial charge in [-0.1, -0.05) is 19.1 Å². The Morgan fingerprint density at radius 2 is 2.29 bits per heavy atom. The van der Waals surface area contributed by atoms with Crippen LogP contribution in [0, 0.1) is 17.7 Å². The quantitative estimate of drug-likeness (QED) is 0.908. The lowest BCUT2D eigenvalue weighted by atomic mass is 9.96. The number of rotatable bonds is 2. The highest BCUT2D eigenvalue weighted by atomic mass is 19.1. The van der Waals surface area contributed by atoms with Gasteiger partial charge in [-0.15, -0.1) is 0 Å². The first-order valence-electron chi connectivity index (χ1n) is 7.92. The SMILES string of the molecule is CC1CC(c2cccc(F)c2)N(C(=O)C2CCCNC2)C1. The van der Waals surface area contributed by atoms with E-state index in [9.17, 15) is 9.18 Å². The Balaban J connectivity index is 1.80. The summed E-state index contributed by atoms with van der Waals surface area (Å²) < 4.78 is 13.5. The fraction of sp³-hybridized carbons (Fsp3) is 0.588. The molecule has 0 spiro atoms. The summed E-state index contributed by atoms with van der Waals surface area (Å²) in [5.41, 5.74) is 0.927. The Hall–Kier alpha value is -1.42. The minimum Gasteiger partial charge on any atom is -0.335 e. The third kappa shape index (κ3) is 3.10. The van der Waals surface area contributed by atoms with Gasteiger partial charge in [-0.05, 0) is 49.4 Å². The van der Waals surface area contributed by atoms with Crippen LogP contribution >= 0.6 is 0 Å². The number of likely N-dealkylation sites (tertiary alicyclic amines) is 1. The number of carbonyl (C=O) groups is 1. The summed E-state index contributed by atoms with van der Waals surface area (Å²) in [7, 11) is 0. The Labute approximate surface area is 125 Å². The summed E-state index contributed by atoms with van der Waals surface area (Å²) in [6.07, 6.45) is 2.95. The number of nitrogens with one attached hydrogen (secondary N) is 1. The molecule has 114 valence electrons. The largest absolute Gasteiger partial charge is 0.335 e. The van der Waals surface area contributed by atoms with E-state index in [1.165, 1.54) is 6.07 Å². The molecule has 3 nitrogen and oxygen atoms in total. The average molecular weight is 290 g/mol. The molecule has 1 aromatic carbocycles. The zero-order valence-electron chi connectivity index (χ0n) is 12.5. The molecule has 3 unspecified atom stereocenters. The maximum atomic E-state index is 13.5. The van der Waals surface area contributed by atoms with Crippen molar-refractivity contribution in [1.82, 2.24) is 10.2 Å². The molecule has 0 aromatic heterocycles. The molecule has 0 saturated carbocycles. The monoisotopic (exact) mass is 290 g/mol. The molecule has 0 radical (unpaired) electrons. The van der Waals surface area contributed by atoms with Crippen LogP contribution in [0.1, 0.15) is 37.8 Å². The van der Waals surface area contributed by atoms with Crippen molar-refractivity contribution in [2.24, 2.45) is 11.8 Å². The summed E-state index contributed by atoms with van der Waals surface area (Å²) in [5.74, 6) is 0.568. The molecule has 0 aliphatic carbocycles. The fourth-order valence-electron chi connectivity index (χ4n) is 3.62. The fourth-order valence-corrected chi connectivity index (χ4v) is 3.62. The van der Waals surface area contributed by atoms with Gasteiger partial charge in [-0.2, -0.15) is 0 Å². The number of nitrogens with zero attached hydrogens (tertiary/aromatic N) is 1. The molecule has 1 aromatic rings. The number of benzene rings is 1. The van der Waals surface area contributed by atoms with Gasteiger partial charge in [0.2, 0.25) is 5.91 Å². The molecule has 3 atom stereocenters. The summed E-state index contributed by atoms with van der Waals surface area (Å²) in [6, 6.07) is 6.73. The van der Waals surface area contributed by atoms with Gasteiger partial charge in [0.05, 0.1) is 12.0 Å². The van der Waals surface area contributed by atoms with E-state index in [-0.39, 0.29) is 23.7 Å². The Bertz CT molecular complexity index is 513. The van der Waals surface area contributed by atoms with Crippen molar-refractivity contribution in [1.29, 1.82) is 0 Å². The number of halogens is 1. The highest BCUT2D eigenvalue weighted by Crippen LogP contribution is 2.36. The zero-order chi connectivity index (χ0) is 14.8. The maximum Gasteiger partial charge on any atom is 0.227 e. The van der Waals surface area contributed by atoms with Crippen LogP contribution < -0.4 is 5.32 Å². The third-order valence-electron chi connectivity index (χ3n) is 4.67. The molecule has 21 heavy (non-hydrogen) atoms. The molecule has 2 saturated heterocycles. The Morgan fingerprint density at radius 1 is 1.43 bits per heavy atom. The highest BCUT2D eigenvalue weighted by molar-refractivity contribution is 5.80. The second-order valence-corrected chi connectivity index (χ2v) is 6.45. The zero-order valence-corrected chi connectivity index (χ0v) is 12.5. The van der Waals surface area contributed by atoms with Crippen molar-refractivity contribution in [3.8, 4) is 0 Å². The van der Waals surface area contributed by atoms with Crippen molar-refractivity contribution < 1.29 is 9.18 Å². The number of hydrogen-bond donors (Lipinski definition) is 1. The average Bonchev–Trinajstić information content (AvgIpc) is 2.89. The van der Waals surface area contributed by atoms with Crippen LogP contribution in [-0.4, -0.2) is 30.4 Å². The summed E-state index contributed by atoms with van der Waals surface area (Å²) in [6.45, 7) is 4.74. The van der Waals surface area contributed by atoms with Crippen LogP contribution in [0.3, 0.4) is 0 Å². The molecule has 2 fully saturated rings. The van der Waals surface area contributed by atoms with E-state index in [4.69, 9.17) is 0 Å². The van der Waals surface area contributed by atoms with E-state index < -0.39 is 0 Å². The van der Waals surface area contributed by atoms with Gasteiger partial charge in [0.25, 0.3) is 0 Å². The second-order valence-electron chi connectivity index (χ2n) is 6.45. The van der Waals surface area contributed by atoms with Crippen LogP contribution in [0.2, 0.25) is 0 Å². The third-order valence-corrected chi connectivity index (χ3v) is 4.67. The van der Waals surface area contributed by atoms with Gasteiger partial charge in [0, 0.05) is 13.1 Å². The van der Waals surface area contributed by atoms with Crippen LogP contribution in [0.25, 0.3) is 0 Å². The summed E-state index contributed by atoms with van der Waals surface area (Å²) >= 11 is 0. The topological polar surface area (TPSA) is 32.3 Å². The van der Waals surface area contributed by atoms with Crippen molar-refractivity contribution in [3.63, 3.8) is 0 Å². The molecule has 2 aliphatic rings. The lowest BCUT2D eigenvalue weighted by Crippen LogP contribution is -2.43. The van der Waals surface area contributed by atoms with Gasteiger partial charge in [0.15, 0.2) is 0 Å². The van der Waals surface area contributed by atoms with E-state index in [1.807, 2.05) is 11.0 Å². The first-order valence-corrected chi connectivity index (χ1v) is 7.92. The first kappa shape index (κ1) is 14.5. The Morgan fingerprint density at radius 3 is 3.00 bits per heavy atom. The molecular formula is C17H23FN2O. The molecule has 2 heterocycles. The van der Waals surface area contributed by atoms with Crippen molar-refractivity contribution in [3.05, 3.63) is 35.6 Å². The van der Waals surface area contributed by atoms with Gasteiger partial charge in [-0.25, -0.2) is 4.39 Å². The highest BCUT2D eigenvalue weighted by Gasteiger charge is 2.37. The minimum absolute atomic E-state index is 0.0325. The molecule has 1 N–H and O–H groups in total. The second kappa shape index (κ2) is 6.14. The van der Waals surface area contributed by atoms with Crippen molar-refractivity contribution in [2.45, 2.75) is 32.2 Å². The first-order chi connectivity index (χ1) is 10.1. The number of hydrogen-bond acceptors (Lipinski definition) is 2. The number of carbonyl (C=O) groups excluding carboxylic acids is 1. The standard InChI is InChI=1S/C17H23FN2O/c1-12-8-16(13-4-2-6-15(18)9-13)20(11-12)17(21)14-5-3-7-19-10-14/h2,4,6,9,12,14,16,19H,3,5,7-8,10-11H2,1H3. The summed E-state index contributed by atoms with van der Waals surface area (Å²) in [5, 5.41) is 3.31. The molecule has 1 amide bonds. The smallest absolute Gasteiger partial charge is 0.227 e. The van der Waals surface area contributed by atoms with E-state index in [0.717, 1.165) is 44.5 Å². The predicted octanol–water partition coefficient (Wildman–Crippen LogP) is 2.73. The molecular weight excluding hydrogens is 267 g/mol. The normalized spacial score (nSPS) is 29.6. The predicted molar refractivity (Wildman–Crippen MR) is 80.2 cm³/mol. The number of amides is 1. The van der Waals surface area contributed by atoms with Gasteiger partial charge in [0.1, 0.15) is 5.82 Å². The maximum absolute atomic E-state index is 13.5. The van der Waals surface area contributed by atoms with Crippen LogP contribution in [0.5, 0.6) is 0 Å². The molecule has 0 bridgehead atoms. The lowest BCUT2D eigenvalue weighted by molar-refractivity contribution is -0.137. The van der Waals surface area contributed by atoms with E-state index in [0.29, 0.717) is 5.92 Å². The van der Waals surface area contributed by atoms with E-state index >= 15 is 0 Å². The molecule has 3 rings (SSSR count). The molecule has 2 aliphatic heterocycles. The lowest BCUT2D eigenvalue weighted by Gasteiger charge is -2.31. The van der Waals surface area contributed by atoms with Gasteiger partial charge < -0.3 is 10.2 Å². The minimum atomic E-state index is -0.223. The van der Waals surface area contributed by atoms with Crippen LogP contribution in [0.4, 0.5) is 4.39 Å². The van der Waals surface area contributed by atoms with E-state index in [2.05, 4.69) is 12.2 Å². The van der Waals surface area contributed by atoms with E-state index in [1.54, 1.807) is 12.1 Å². The van der Waals surface area contributed by atoms with Crippen LogP contribution in [0.15, 0.2) is 24.3 Å². The Kier molecular flexibility index (Phi) is 4.24. The summed E-state index contributed by atoms with van der Waals surface area (Å²) in [4.78, 5) is 14.8. The van der Waals surface area contributed by atoms with Crippen LogP contribution in [-0.2, 0) is 4.79 Å². The van der Waals surface area contributed by atoms with Crippen molar-refractivity contribution in [2.75, 3.05) is 19.6 Å². The van der Waals surface area contributed by atoms with Gasteiger partial charge >= 0.3 is 0 Å². The number of piperidine rings is 1.